The maximum atomic E-state index is 10.8. The first-order valence-electron chi connectivity index (χ1n) is 5.44. The molecule has 16 heavy (non-hydrogen) atoms. The van der Waals surface area contributed by atoms with E-state index in [0.717, 1.165) is 30.4 Å². The van der Waals surface area contributed by atoms with E-state index in [9.17, 15) is 9.90 Å². The Morgan fingerprint density at radius 3 is 3.06 bits per heavy atom. The second-order valence-corrected chi connectivity index (χ2v) is 4.03. The van der Waals surface area contributed by atoms with Crippen molar-refractivity contribution in [1.82, 2.24) is 5.32 Å². The van der Waals surface area contributed by atoms with Gasteiger partial charge in [0.25, 0.3) is 0 Å². The number of carbonyl (C=O) groups excluding carboxylic acids is 1. The van der Waals surface area contributed by atoms with Crippen molar-refractivity contribution in [2.75, 3.05) is 12.4 Å². The quantitative estimate of drug-likeness (QED) is 0.519. The van der Waals surface area contributed by atoms with Gasteiger partial charge in [-0.2, -0.15) is 0 Å². The molecule has 0 fully saturated rings. The van der Waals surface area contributed by atoms with Crippen LogP contribution in [0.1, 0.15) is 23.5 Å². The van der Waals surface area contributed by atoms with Crippen LogP contribution in [0.4, 0.5) is 5.69 Å². The van der Waals surface area contributed by atoms with Crippen LogP contribution in [0.2, 0.25) is 0 Å². The molecule has 0 radical (unpaired) electrons. The molecule has 0 aliphatic heterocycles. The molecule has 4 nitrogen and oxygen atoms in total. The third kappa shape index (κ3) is 2.08. The number of rotatable bonds is 4. The molecule has 1 aromatic carbocycles. The lowest BCUT2D eigenvalue weighted by molar-refractivity contribution is -0.109. The molecule has 86 valence electrons. The van der Waals surface area contributed by atoms with Crippen molar-refractivity contribution in [3.8, 4) is 0 Å². The number of carbonyl (C=O) groups is 1. The third-order valence-electron chi connectivity index (χ3n) is 3.01. The van der Waals surface area contributed by atoms with E-state index in [0.29, 0.717) is 0 Å². The molecule has 2 atom stereocenters. The number of hydrogen-bond acceptors (Lipinski definition) is 4. The van der Waals surface area contributed by atoms with Gasteiger partial charge in [-0.25, -0.2) is 0 Å². The zero-order chi connectivity index (χ0) is 11.5. The lowest BCUT2D eigenvalue weighted by Gasteiger charge is -2.14. The molecular formula is C12H16N2O2. The minimum Gasteiger partial charge on any atom is -0.361 e. The van der Waals surface area contributed by atoms with Gasteiger partial charge in [-0.3, -0.25) is 5.32 Å². The number of aldehydes is 1. The van der Waals surface area contributed by atoms with Crippen LogP contribution in [0.25, 0.3) is 0 Å². The lowest BCUT2D eigenvalue weighted by atomic mass is 10.0. The van der Waals surface area contributed by atoms with Gasteiger partial charge >= 0.3 is 0 Å². The Morgan fingerprint density at radius 1 is 1.56 bits per heavy atom. The smallest absolute Gasteiger partial charge is 0.181 e. The molecule has 2 rings (SSSR count). The summed E-state index contributed by atoms with van der Waals surface area (Å²) in [6.07, 6.45) is 2.10. The summed E-state index contributed by atoms with van der Waals surface area (Å²) in [6, 6.07) is 5.85. The van der Waals surface area contributed by atoms with Crippen LogP contribution < -0.4 is 10.6 Å². The summed E-state index contributed by atoms with van der Waals surface area (Å²) in [4.78, 5) is 10.8. The molecule has 1 aliphatic carbocycles. The molecule has 0 saturated heterocycles. The number of nitrogens with one attached hydrogen (secondary N) is 2. The van der Waals surface area contributed by atoms with Crippen molar-refractivity contribution in [2.45, 2.75) is 25.1 Å². The Bertz CT molecular complexity index is 393. The van der Waals surface area contributed by atoms with E-state index in [-0.39, 0.29) is 5.92 Å². The second kappa shape index (κ2) is 4.63. The summed E-state index contributed by atoms with van der Waals surface area (Å²) >= 11 is 0. The van der Waals surface area contributed by atoms with Gasteiger partial charge in [0.1, 0.15) is 6.29 Å². The highest BCUT2D eigenvalue weighted by atomic mass is 16.3. The number of benzene rings is 1. The topological polar surface area (TPSA) is 61.4 Å². The summed E-state index contributed by atoms with van der Waals surface area (Å²) in [5.74, 6) is 0.0540. The first-order valence-corrected chi connectivity index (χ1v) is 5.44. The monoisotopic (exact) mass is 220 g/mol. The number of hydrogen-bond donors (Lipinski definition) is 3. The predicted octanol–water partition coefficient (Wildman–Crippen LogP) is 0.822. The number of aryl methyl sites for hydroxylation is 1. The normalized spacial score (nSPS) is 20.2. The zero-order valence-electron chi connectivity index (χ0n) is 9.23. The van der Waals surface area contributed by atoms with E-state index in [1.807, 2.05) is 18.2 Å². The van der Waals surface area contributed by atoms with Crippen LogP contribution in [0, 0.1) is 0 Å². The first-order chi connectivity index (χ1) is 7.74. The zero-order valence-corrected chi connectivity index (χ0v) is 9.23. The number of aliphatic hydroxyl groups excluding tert-OH is 1. The van der Waals surface area contributed by atoms with Gasteiger partial charge < -0.3 is 15.2 Å². The van der Waals surface area contributed by atoms with E-state index in [4.69, 9.17) is 0 Å². The SMILES string of the molecule is CNC(O)Nc1ccc2c(c1)CC[C@@H]2C=O. The van der Waals surface area contributed by atoms with Crippen LogP contribution in [-0.2, 0) is 11.2 Å². The first kappa shape index (κ1) is 11.1. The molecule has 3 N–H and O–H groups in total. The highest BCUT2D eigenvalue weighted by molar-refractivity contribution is 5.66. The molecule has 0 aromatic heterocycles. The van der Waals surface area contributed by atoms with Crippen LogP contribution in [0.5, 0.6) is 0 Å². The molecule has 1 unspecified atom stereocenters. The summed E-state index contributed by atoms with van der Waals surface area (Å²) in [6.45, 7) is 0. The largest absolute Gasteiger partial charge is 0.361 e. The van der Waals surface area contributed by atoms with Gasteiger partial charge in [0.2, 0.25) is 0 Å². The Balaban J connectivity index is 2.18. The molecule has 0 amide bonds. The average molecular weight is 220 g/mol. The lowest BCUT2D eigenvalue weighted by Crippen LogP contribution is -2.32. The van der Waals surface area contributed by atoms with E-state index in [1.165, 1.54) is 5.56 Å². The maximum absolute atomic E-state index is 10.8. The molecule has 1 aromatic rings. The molecule has 0 bridgehead atoms. The molecular weight excluding hydrogens is 204 g/mol. The summed E-state index contributed by atoms with van der Waals surface area (Å²) < 4.78 is 0. The van der Waals surface area contributed by atoms with Crippen molar-refractivity contribution in [2.24, 2.45) is 0 Å². The van der Waals surface area contributed by atoms with Gasteiger partial charge in [0, 0.05) is 11.6 Å². The van der Waals surface area contributed by atoms with Crippen molar-refractivity contribution < 1.29 is 9.90 Å². The van der Waals surface area contributed by atoms with E-state index in [2.05, 4.69) is 10.6 Å². The Kier molecular flexibility index (Phi) is 3.22. The minimum absolute atomic E-state index is 0.0540. The molecule has 0 saturated carbocycles. The minimum atomic E-state index is -0.749. The van der Waals surface area contributed by atoms with Crippen LogP contribution in [0.3, 0.4) is 0 Å². The number of fused-ring (bicyclic) bond motifs is 1. The van der Waals surface area contributed by atoms with Crippen LogP contribution >= 0.6 is 0 Å². The highest BCUT2D eigenvalue weighted by Crippen LogP contribution is 2.33. The fraction of sp³-hybridized carbons (Fsp3) is 0.417. The van der Waals surface area contributed by atoms with Gasteiger partial charge in [-0.15, -0.1) is 0 Å². The van der Waals surface area contributed by atoms with Gasteiger partial charge in [0.05, 0.1) is 0 Å². The fourth-order valence-electron chi connectivity index (χ4n) is 2.11. The predicted molar refractivity (Wildman–Crippen MR) is 62.3 cm³/mol. The summed E-state index contributed by atoms with van der Waals surface area (Å²) in [5.41, 5.74) is 3.19. The Morgan fingerprint density at radius 2 is 2.38 bits per heavy atom. The van der Waals surface area contributed by atoms with E-state index < -0.39 is 6.35 Å². The molecule has 1 aliphatic rings. The molecule has 0 spiro atoms. The fourth-order valence-corrected chi connectivity index (χ4v) is 2.11. The van der Waals surface area contributed by atoms with Gasteiger partial charge in [-0.05, 0) is 43.1 Å². The van der Waals surface area contributed by atoms with Crippen molar-refractivity contribution >= 4 is 12.0 Å². The van der Waals surface area contributed by atoms with Gasteiger partial charge in [-0.1, -0.05) is 6.07 Å². The number of aliphatic hydroxyl groups is 1. The summed E-state index contributed by atoms with van der Waals surface area (Å²) in [5, 5.41) is 15.0. The molecule has 0 heterocycles. The maximum Gasteiger partial charge on any atom is 0.181 e. The average Bonchev–Trinajstić information content (AvgIpc) is 2.71. The van der Waals surface area contributed by atoms with Gasteiger partial charge in [0.15, 0.2) is 6.35 Å². The highest BCUT2D eigenvalue weighted by Gasteiger charge is 2.21. The number of anilines is 1. The van der Waals surface area contributed by atoms with E-state index in [1.54, 1.807) is 7.05 Å². The Hall–Kier alpha value is -1.39. The Labute approximate surface area is 94.7 Å². The second-order valence-electron chi connectivity index (χ2n) is 4.03. The van der Waals surface area contributed by atoms with Crippen molar-refractivity contribution in [3.05, 3.63) is 29.3 Å². The van der Waals surface area contributed by atoms with Crippen molar-refractivity contribution in [1.29, 1.82) is 0 Å². The summed E-state index contributed by atoms with van der Waals surface area (Å²) in [7, 11) is 1.67. The third-order valence-corrected chi connectivity index (χ3v) is 3.01. The van der Waals surface area contributed by atoms with Crippen molar-refractivity contribution in [3.63, 3.8) is 0 Å². The standard InChI is InChI=1S/C12H16N2O2/c1-13-12(16)14-10-4-5-11-8(6-10)2-3-9(11)7-15/h4-7,9,12-14,16H,2-3H2,1H3/t9-,12?/m1/s1. The van der Waals surface area contributed by atoms with Crippen LogP contribution in [-0.4, -0.2) is 24.8 Å². The molecule has 4 heteroatoms. The van der Waals surface area contributed by atoms with E-state index >= 15 is 0 Å². The van der Waals surface area contributed by atoms with Crippen LogP contribution in [0.15, 0.2) is 18.2 Å².